The summed E-state index contributed by atoms with van der Waals surface area (Å²) < 4.78 is 0. The molecular weight excluding hydrogens is 292 g/mol. The first kappa shape index (κ1) is 14.4. The first-order valence-electron chi connectivity index (χ1n) is 6.82. The van der Waals surface area contributed by atoms with Crippen molar-refractivity contribution in [1.29, 1.82) is 10.5 Å². The minimum Gasteiger partial charge on any atom is -0.386 e. The van der Waals surface area contributed by atoms with E-state index in [0.717, 1.165) is 5.56 Å². The van der Waals surface area contributed by atoms with Crippen molar-refractivity contribution >= 4 is 17.3 Å². The van der Waals surface area contributed by atoms with Crippen molar-refractivity contribution in [3.05, 3.63) is 57.4 Å². The Balaban J connectivity index is 2.40. The molecule has 7 heteroatoms. The third-order valence-corrected chi connectivity index (χ3v) is 3.87. The largest absolute Gasteiger partial charge is 0.386 e. The van der Waals surface area contributed by atoms with Gasteiger partial charge < -0.3 is 16.5 Å². The number of anilines is 1. The van der Waals surface area contributed by atoms with Gasteiger partial charge in [0.25, 0.3) is 5.56 Å². The first-order chi connectivity index (χ1) is 11.1. The number of hydrogen-bond acceptors (Lipinski definition) is 6. The Morgan fingerprint density at radius 3 is 2.48 bits per heavy atom. The molecule has 0 aliphatic carbocycles. The molecule has 112 valence electrons. The fraction of sp³-hybridized carbons (Fsp3) is 0.125. The molecule has 1 aliphatic rings. The number of nitrogens with zero attached hydrogens (tertiary/aromatic N) is 3. The second-order valence-electron chi connectivity index (χ2n) is 5.15. The SMILES string of the molecule is N#Cc1c2c(c(N)[nH]c1=O)C(c1ccccc1)C(C#N)C(N)=N2. The normalized spacial score (nSPS) is 19.1. The molecule has 0 fully saturated rings. The molecule has 2 unspecified atom stereocenters. The van der Waals surface area contributed by atoms with Crippen molar-refractivity contribution in [2.75, 3.05) is 5.73 Å². The van der Waals surface area contributed by atoms with Gasteiger partial charge in [-0.2, -0.15) is 10.5 Å². The van der Waals surface area contributed by atoms with Crippen LogP contribution in [0.25, 0.3) is 0 Å². The minimum absolute atomic E-state index is 0.0651. The van der Waals surface area contributed by atoms with Gasteiger partial charge in [-0.3, -0.25) is 4.79 Å². The lowest BCUT2D eigenvalue weighted by Gasteiger charge is -2.29. The van der Waals surface area contributed by atoms with E-state index in [1.165, 1.54) is 0 Å². The third-order valence-electron chi connectivity index (χ3n) is 3.87. The van der Waals surface area contributed by atoms with Gasteiger partial charge in [-0.1, -0.05) is 30.3 Å². The van der Waals surface area contributed by atoms with Crippen molar-refractivity contribution in [3.8, 4) is 12.1 Å². The Morgan fingerprint density at radius 2 is 1.87 bits per heavy atom. The Kier molecular flexibility index (Phi) is 3.32. The number of nitriles is 2. The molecule has 1 aliphatic heterocycles. The molecule has 3 rings (SSSR count). The predicted octanol–water partition coefficient (Wildman–Crippen LogP) is 1.10. The van der Waals surface area contributed by atoms with E-state index in [0.29, 0.717) is 5.56 Å². The van der Waals surface area contributed by atoms with E-state index >= 15 is 0 Å². The molecular formula is C16H12N6O. The molecule has 0 radical (unpaired) electrons. The Hall–Kier alpha value is -3.58. The molecule has 2 aromatic rings. The highest BCUT2D eigenvalue weighted by Gasteiger charge is 2.37. The zero-order chi connectivity index (χ0) is 16.6. The molecule has 0 bridgehead atoms. The first-order valence-corrected chi connectivity index (χ1v) is 6.82. The van der Waals surface area contributed by atoms with Crippen LogP contribution in [0.2, 0.25) is 0 Å². The number of nitrogen functional groups attached to an aromatic ring is 1. The molecule has 2 heterocycles. The van der Waals surface area contributed by atoms with E-state index in [1.54, 1.807) is 0 Å². The van der Waals surface area contributed by atoms with Gasteiger partial charge in [0.05, 0.1) is 11.8 Å². The van der Waals surface area contributed by atoms with Crippen LogP contribution < -0.4 is 17.0 Å². The molecule has 7 nitrogen and oxygen atoms in total. The number of rotatable bonds is 1. The lowest BCUT2D eigenvalue weighted by molar-refractivity contribution is 0.710. The number of nitrogens with two attached hydrogens (primary N) is 2. The summed E-state index contributed by atoms with van der Waals surface area (Å²) in [4.78, 5) is 18.5. The van der Waals surface area contributed by atoms with Crippen molar-refractivity contribution < 1.29 is 0 Å². The summed E-state index contributed by atoms with van der Waals surface area (Å²) in [5, 5.41) is 18.7. The molecule has 1 aromatic carbocycles. The fourth-order valence-corrected chi connectivity index (χ4v) is 2.85. The van der Waals surface area contributed by atoms with Crippen LogP contribution in [0.3, 0.4) is 0 Å². The van der Waals surface area contributed by atoms with Crippen LogP contribution in [0.5, 0.6) is 0 Å². The van der Waals surface area contributed by atoms with Crippen LogP contribution in [-0.2, 0) is 0 Å². The van der Waals surface area contributed by atoms with Crippen molar-refractivity contribution in [2.45, 2.75) is 5.92 Å². The molecule has 0 saturated heterocycles. The zero-order valence-electron chi connectivity index (χ0n) is 11.9. The summed E-state index contributed by atoms with van der Waals surface area (Å²) in [6, 6.07) is 13.2. The number of nitrogens with one attached hydrogen (secondary N) is 1. The van der Waals surface area contributed by atoms with E-state index in [4.69, 9.17) is 11.5 Å². The average molecular weight is 304 g/mol. The number of fused-ring (bicyclic) bond motifs is 1. The topological polar surface area (TPSA) is 145 Å². The van der Waals surface area contributed by atoms with Crippen LogP contribution in [0, 0.1) is 28.6 Å². The zero-order valence-corrected chi connectivity index (χ0v) is 11.9. The standard InChI is InChI=1S/C16H12N6O/c17-6-9-11(8-4-2-1-3-5-8)12-13(21-14(9)19)10(7-18)16(23)22-15(12)20/h1-5,9,11H,(H2,19,21)(H3,20,22,23). The number of pyridine rings is 1. The highest BCUT2D eigenvalue weighted by molar-refractivity contribution is 5.93. The van der Waals surface area contributed by atoms with Gasteiger partial charge >= 0.3 is 0 Å². The van der Waals surface area contributed by atoms with Crippen LogP contribution in [0.1, 0.15) is 22.6 Å². The fourth-order valence-electron chi connectivity index (χ4n) is 2.85. The summed E-state index contributed by atoms with van der Waals surface area (Å²) in [6.07, 6.45) is 0. The summed E-state index contributed by atoms with van der Waals surface area (Å²) >= 11 is 0. The van der Waals surface area contributed by atoms with E-state index in [1.807, 2.05) is 36.4 Å². The maximum atomic E-state index is 11.9. The lowest BCUT2D eigenvalue weighted by Crippen LogP contribution is -2.33. The van der Waals surface area contributed by atoms with Crippen LogP contribution in [-0.4, -0.2) is 10.8 Å². The Morgan fingerprint density at radius 1 is 1.17 bits per heavy atom. The monoisotopic (exact) mass is 304 g/mol. The van der Waals surface area contributed by atoms with Gasteiger partial charge in [-0.25, -0.2) is 4.99 Å². The van der Waals surface area contributed by atoms with Gasteiger partial charge in [-0.05, 0) is 5.56 Å². The molecule has 0 saturated carbocycles. The lowest BCUT2D eigenvalue weighted by atomic mass is 9.78. The van der Waals surface area contributed by atoms with E-state index in [-0.39, 0.29) is 22.9 Å². The number of benzene rings is 1. The van der Waals surface area contributed by atoms with Gasteiger partial charge in [0, 0.05) is 11.5 Å². The predicted molar refractivity (Wildman–Crippen MR) is 84.9 cm³/mol. The maximum absolute atomic E-state index is 11.9. The van der Waals surface area contributed by atoms with Crippen molar-refractivity contribution in [3.63, 3.8) is 0 Å². The second-order valence-corrected chi connectivity index (χ2v) is 5.15. The van der Waals surface area contributed by atoms with E-state index in [2.05, 4.69) is 16.0 Å². The van der Waals surface area contributed by atoms with Crippen molar-refractivity contribution in [1.82, 2.24) is 4.98 Å². The molecule has 2 atom stereocenters. The van der Waals surface area contributed by atoms with E-state index in [9.17, 15) is 15.3 Å². The number of aliphatic imine (C=N–C) groups is 1. The second kappa shape index (κ2) is 5.32. The number of aromatic amines is 1. The van der Waals surface area contributed by atoms with Crippen LogP contribution in [0.15, 0.2) is 40.1 Å². The Labute approximate surface area is 131 Å². The quantitative estimate of drug-likeness (QED) is 0.722. The smallest absolute Gasteiger partial charge is 0.269 e. The van der Waals surface area contributed by atoms with Gasteiger partial charge in [0.15, 0.2) is 0 Å². The average Bonchev–Trinajstić information content (AvgIpc) is 2.54. The summed E-state index contributed by atoms with van der Waals surface area (Å²) in [6.45, 7) is 0. The summed E-state index contributed by atoms with van der Waals surface area (Å²) in [7, 11) is 0. The molecule has 5 N–H and O–H groups in total. The number of H-pyrrole nitrogens is 1. The van der Waals surface area contributed by atoms with Crippen LogP contribution in [0.4, 0.5) is 11.5 Å². The number of aromatic nitrogens is 1. The van der Waals surface area contributed by atoms with Gasteiger partial charge in [0.1, 0.15) is 29.2 Å². The third kappa shape index (κ3) is 2.12. The van der Waals surface area contributed by atoms with Gasteiger partial charge in [0.2, 0.25) is 0 Å². The molecule has 1 aromatic heterocycles. The van der Waals surface area contributed by atoms with Crippen molar-refractivity contribution in [2.24, 2.45) is 16.6 Å². The minimum atomic E-state index is -0.732. The summed E-state index contributed by atoms with van der Waals surface area (Å²) in [5.41, 5.74) is 12.5. The van der Waals surface area contributed by atoms with E-state index < -0.39 is 17.4 Å². The number of hydrogen-bond donors (Lipinski definition) is 3. The highest BCUT2D eigenvalue weighted by Crippen LogP contribution is 2.44. The molecule has 0 spiro atoms. The summed E-state index contributed by atoms with van der Waals surface area (Å²) in [5.74, 6) is -1.08. The Bertz CT molecular complexity index is 946. The maximum Gasteiger partial charge on any atom is 0.269 e. The highest BCUT2D eigenvalue weighted by atomic mass is 16.1. The molecule has 0 amide bonds. The van der Waals surface area contributed by atoms with Gasteiger partial charge in [-0.15, -0.1) is 0 Å². The molecule has 23 heavy (non-hydrogen) atoms. The van der Waals surface area contributed by atoms with Crippen LogP contribution >= 0.6 is 0 Å². The number of amidine groups is 1.